The molecule has 0 saturated carbocycles. The van der Waals surface area contributed by atoms with Crippen molar-refractivity contribution < 1.29 is 0 Å². The average Bonchev–Trinajstić information content (AvgIpc) is 0.767. The summed E-state index contributed by atoms with van der Waals surface area (Å²) < 4.78 is 0. The van der Waals surface area contributed by atoms with E-state index in [0.717, 1.165) is 34.1 Å². The van der Waals surface area contributed by atoms with Crippen molar-refractivity contribution in [3.8, 4) is 44.5 Å². The minimum absolute atomic E-state index is 1.13. The van der Waals surface area contributed by atoms with Crippen LogP contribution in [0, 0.1) is 6.92 Å². The minimum atomic E-state index is 1.13. The highest BCUT2D eigenvalue weighted by Crippen LogP contribution is 2.53. The number of aryl methyl sites for hydroxylation is 1. The molecule has 0 fully saturated rings. The first-order valence-corrected chi connectivity index (χ1v) is 43.4. The van der Waals surface area contributed by atoms with Crippen molar-refractivity contribution in [2.24, 2.45) is 0 Å². The summed E-state index contributed by atoms with van der Waals surface area (Å²) in [7, 11) is 0. The fourth-order valence-corrected chi connectivity index (χ4v) is 19.1. The molecule has 126 heavy (non-hydrogen) atoms. The molecule has 0 radical (unpaired) electrons. The van der Waals surface area contributed by atoms with E-state index in [-0.39, 0.29) is 0 Å². The van der Waals surface area contributed by atoms with Crippen LogP contribution in [0.5, 0.6) is 0 Å². The summed E-state index contributed by atoms with van der Waals surface area (Å²) in [5, 5.41) is 27.2. The molecular weight excluding hydrogens is 1520 g/mol. The molecule has 3 heteroatoms. The van der Waals surface area contributed by atoms with Gasteiger partial charge < -0.3 is 14.7 Å². The maximum atomic E-state index is 2.47. The zero-order chi connectivity index (χ0) is 83.8. The Labute approximate surface area is 733 Å². The number of nitrogens with zero attached hydrogens (tertiary/aromatic N) is 3. The van der Waals surface area contributed by atoms with Gasteiger partial charge in [-0.15, -0.1) is 0 Å². The van der Waals surface area contributed by atoms with E-state index in [1.807, 2.05) is 0 Å². The smallest absolute Gasteiger partial charge is 0.0618 e. The lowest BCUT2D eigenvalue weighted by Gasteiger charge is -2.30. The van der Waals surface area contributed by atoms with Crippen molar-refractivity contribution >= 4 is 170 Å². The molecule has 24 aromatic rings. The highest BCUT2D eigenvalue weighted by molar-refractivity contribution is 6.26. The van der Waals surface area contributed by atoms with Gasteiger partial charge in [-0.05, 0) is 216 Å². The van der Waals surface area contributed by atoms with Crippen molar-refractivity contribution in [2.45, 2.75) is 6.92 Å². The van der Waals surface area contributed by atoms with Gasteiger partial charge in [0.15, 0.2) is 0 Å². The van der Waals surface area contributed by atoms with E-state index < -0.39 is 0 Å². The Morgan fingerprint density at radius 1 is 0.127 bits per heavy atom. The number of rotatable bonds is 13. The molecule has 0 bridgehead atoms. The Hall–Kier alpha value is -16.5. The monoisotopic (exact) mass is 1600 g/mol. The second-order valence-electron chi connectivity index (χ2n) is 32.6. The van der Waals surface area contributed by atoms with Gasteiger partial charge in [-0.3, -0.25) is 0 Å². The van der Waals surface area contributed by atoms with Crippen LogP contribution < -0.4 is 14.7 Å². The summed E-state index contributed by atoms with van der Waals surface area (Å²) in [5.74, 6) is 0. The predicted octanol–water partition coefficient (Wildman–Crippen LogP) is 35.1. The Bertz CT molecular complexity index is 7980. The van der Waals surface area contributed by atoms with Crippen molar-refractivity contribution in [3.63, 3.8) is 0 Å². The number of anilines is 9. The van der Waals surface area contributed by atoms with E-state index in [1.165, 1.54) is 186 Å². The lowest BCUT2D eigenvalue weighted by Crippen LogP contribution is -2.11. The standard InChI is InChI=1S/C44H29N.C42H29N.C37H27N/c1-4-14-33-27-36(22-21-30(33)11-1)43-39-17-7-9-19-41(39)44(42-20-10-8-18-40(42)43)45(37-25-23-31-12-2-5-15-34(31)28-37)38-26-24-32-13-3-6-16-35(32)29-38;1-3-13-30(14-4-1)32-23-25-33(26-24-32)41-37-19-9-11-21-39(37)42(40-22-12-10-20-38(40)41)43(35-17-5-2-6-18-35)36-28-27-31-15-7-8-16-34(31)29-36;1-26-19-21-28(22-20-26)36-32-15-7-9-17-34(32)37(35-18-10-8-16-33(35)36)38(30-13-3-2-4-14-30)31-24-23-27-11-5-6-12-29(27)25-31/h1-29H;1-29H;2-25H,1H3. The quantitative estimate of drug-likeness (QED) is 0.107. The van der Waals surface area contributed by atoms with Crippen LogP contribution in [-0.4, -0.2) is 0 Å². The van der Waals surface area contributed by atoms with Crippen molar-refractivity contribution in [1.29, 1.82) is 0 Å². The van der Waals surface area contributed by atoms with E-state index in [4.69, 9.17) is 0 Å². The third-order valence-corrected chi connectivity index (χ3v) is 25.0. The lowest BCUT2D eigenvalue weighted by molar-refractivity contribution is 1.32. The van der Waals surface area contributed by atoms with Gasteiger partial charge in [0.2, 0.25) is 0 Å². The van der Waals surface area contributed by atoms with Gasteiger partial charge in [0.05, 0.1) is 17.1 Å². The normalized spacial score (nSPS) is 11.4. The van der Waals surface area contributed by atoms with Crippen LogP contribution >= 0.6 is 0 Å². The molecule has 0 atom stereocenters. The van der Waals surface area contributed by atoms with Crippen molar-refractivity contribution in [2.75, 3.05) is 14.7 Å². The molecule has 0 heterocycles. The van der Waals surface area contributed by atoms with Crippen LogP contribution in [-0.2, 0) is 0 Å². The van der Waals surface area contributed by atoms with Crippen LogP contribution in [0.2, 0.25) is 0 Å². The van der Waals surface area contributed by atoms with Crippen LogP contribution in [0.4, 0.5) is 51.2 Å². The molecule has 24 rings (SSSR count). The van der Waals surface area contributed by atoms with E-state index >= 15 is 0 Å². The van der Waals surface area contributed by atoms with Crippen LogP contribution in [0.3, 0.4) is 0 Å². The van der Waals surface area contributed by atoms with E-state index in [2.05, 4.69) is 519 Å². The van der Waals surface area contributed by atoms with E-state index in [0.29, 0.717) is 0 Å². The molecule has 0 amide bonds. The first-order chi connectivity index (χ1) is 62.4. The third-order valence-electron chi connectivity index (χ3n) is 25.0. The van der Waals surface area contributed by atoms with Crippen LogP contribution in [0.1, 0.15) is 5.56 Å². The summed E-state index contributed by atoms with van der Waals surface area (Å²) in [5.41, 5.74) is 21.7. The number of para-hydroxylation sites is 2. The largest absolute Gasteiger partial charge is 0.309 e. The fourth-order valence-electron chi connectivity index (χ4n) is 19.1. The molecule has 3 nitrogen and oxygen atoms in total. The Morgan fingerprint density at radius 2 is 0.325 bits per heavy atom. The maximum absolute atomic E-state index is 2.47. The molecule has 0 spiro atoms. The molecule has 0 aromatic heterocycles. The Morgan fingerprint density at radius 3 is 0.627 bits per heavy atom. The van der Waals surface area contributed by atoms with Gasteiger partial charge in [0.25, 0.3) is 0 Å². The molecule has 24 aromatic carbocycles. The first kappa shape index (κ1) is 75.7. The number of hydrogen-bond acceptors (Lipinski definition) is 3. The summed E-state index contributed by atoms with van der Waals surface area (Å²) in [6, 6.07) is 180. The zero-order valence-corrected chi connectivity index (χ0v) is 69.7. The number of fused-ring (bicyclic) bond motifs is 11. The molecular formula is C123H85N3. The van der Waals surface area contributed by atoms with Gasteiger partial charge in [-0.2, -0.15) is 0 Å². The predicted molar refractivity (Wildman–Crippen MR) is 542 cm³/mol. The molecule has 0 aliphatic heterocycles. The summed E-state index contributed by atoms with van der Waals surface area (Å²) in [6.07, 6.45) is 0. The Balaban J connectivity index is 0.000000112. The maximum Gasteiger partial charge on any atom is 0.0618 e. The average molecular weight is 1610 g/mol. The summed E-state index contributed by atoms with van der Waals surface area (Å²) >= 11 is 0. The van der Waals surface area contributed by atoms with E-state index in [9.17, 15) is 0 Å². The van der Waals surface area contributed by atoms with Crippen molar-refractivity contribution in [1.82, 2.24) is 0 Å². The van der Waals surface area contributed by atoms with Crippen LogP contribution in [0.15, 0.2) is 497 Å². The van der Waals surface area contributed by atoms with E-state index in [1.54, 1.807) is 0 Å². The molecule has 592 valence electrons. The minimum Gasteiger partial charge on any atom is -0.309 e. The van der Waals surface area contributed by atoms with Gasteiger partial charge in [-0.1, -0.05) is 424 Å². The van der Waals surface area contributed by atoms with Gasteiger partial charge >= 0.3 is 0 Å². The second kappa shape index (κ2) is 33.2. The molecule has 0 aliphatic rings. The molecule has 0 unspecified atom stereocenters. The number of hydrogen-bond donors (Lipinski definition) is 0. The van der Waals surface area contributed by atoms with Gasteiger partial charge in [0.1, 0.15) is 0 Å². The lowest BCUT2D eigenvalue weighted by atomic mass is 9.89. The molecule has 0 aliphatic carbocycles. The first-order valence-electron chi connectivity index (χ1n) is 43.4. The third kappa shape index (κ3) is 14.2. The van der Waals surface area contributed by atoms with Crippen LogP contribution in [0.25, 0.3) is 163 Å². The highest BCUT2D eigenvalue weighted by Gasteiger charge is 2.27. The second-order valence-corrected chi connectivity index (χ2v) is 32.6. The number of benzene rings is 24. The van der Waals surface area contributed by atoms with Gasteiger partial charge in [0, 0.05) is 66.4 Å². The van der Waals surface area contributed by atoms with Crippen molar-refractivity contribution in [3.05, 3.63) is 503 Å². The fraction of sp³-hybridized carbons (Fsp3) is 0.00813. The summed E-state index contributed by atoms with van der Waals surface area (Å²) in [6.45, 7) is 2.14. The highest BCUT2D eigenvalue weighted by atomic mass is 15.2. The van der Waals surface area contributed by atoms with Gasteiger partial charge in [-0.25, -0.2) is 0 Å². The topological polar surface area (TPSA) is 9.72 Å². The Kier molecular flexibility index (Phi) is 19.9. The zero-order valence-electron chi connectivity index (χ0n) is 69.7. The summed E-state index contributed by atoms with van der Waals surface area (Å²) in [4.78, 5) is 7.32. The molecule has 0 saturated heterocycles. The molecule has 0 N–H and O–H groups in total. The SMILES string of the molecule is Cc1ccc(-c2c3ccccc3c(N(c3ccccc3)c3ccc4ccccc4c3)c3ccccc23)cc1.c1ccc(-c2ccc(-c3c4ccccc4c(N(c4ccccc4)c4ccc5ccccc5c4)c4ccccc34)cc2)cc1.c1ccc2cc(-c3c4ccccc4c(N(c4ccc5ccccc5c4)c4ccc5ccccc5c4)c4ccccc34)ccc2c1.